The van der Waals surface area contributed by atoms with E-state index in [0.29, 0.717) is 5.56 Å². The van der Waals surface area contributed by atoms with Crippen LogP contribution in [0.5, 0.6) is 0 Å². The second-order valence-electron chi connectivity index (χ2n) is 4.05. The minimum atomic E-state index is -0.872. The predicted molar refractivity (Wildman–Crippen MR) is 86.1 cm³/mol. The van der Waals surface area contributed by atoms with Gasteiger partial charge in [-0.25, -0.2) is 4.79 Å². The van der Waals surface area contributed by atoms with E-state index in [4.69, 9.17) is 0 Å². The average Bonchev–Trinajstić information content (AvgIpc) is 2.41. The van der Waals surface area contributed by atoms with Gasteiger partial charge in [0.1, 0.15) is 0 Å². The number of benzene rings is 2. The maximum absolute atomic E-state index is 11.3. The van der Waals surface area contributed by atoms with E-state index in [2.05, 4.69) is 22.6 Å². The van der Waals surface area contributed by atoms with Crippen molar-refractivity contribution in [3.8, 4) is 0 Å². The summed E-state index contributed by atoms with van der Waals surface area (Å²) in [6.45, 7) is 2.02. The first-order valence-electron chi connectivity index (χ1n) is 5.90. The molecule has 0 heterocycles. The van der Waals surface area contributed by atoms with Crippen molar-refractivity contribution in [1.82, 2.24) is 0 Å². The lowest BCUT2D eigenvalue weighted by Crippen LogP contribution is -2.00. The molecule has 2 aromatic carbocycles. The summed E-state index contributed by atoms with van der Waals surface area (Å²) < 4.78 is 1.17. The molecule has 0 aliphatic rings. The van der Waals surface area contributed by atoms with Gasteiger partial charge in [-0.3, -0.25) is 0 Å². The molecule has 0 amide bonds. The number of hydrogen-bond donors (Lipinski definition) is 1. The minimum absolute atomic E-state index is 0.378. The largest absolute Gasteiger partial charge is 0.478 e. The van der Waals surface area contributed by atoms with Crippen molar-refractivity contribution in [3.63, 3.8) is 0 Å². The Bertz CT molecular complexity index is 594. The number of carboxylic acids is 1. The van der Waals surface area contributed by atoms with Gasteiger partial charge in [0, 0.05) is 13.4 Å². The third kappa shape index (κ3) is 3.73. The highest BCUT2D eigenvalue weighted by atomic mass is 127. The third-order valence-corrected chi connectivity index (χ3v) is 4.53. The summed E-state index contributed by atoms with van der Waals surface area (Å²) in [5.74, 6) is -0.872. The van der Waals surface area contributed by atoms with Crippen LogP contribution in [-0.2, 0) is 6.42 Å². The van der Waals surface area contributed by atoms with Crippen molar-refractivity contribution in [2.75, 3.05) is 0 Å². The van der Waals surface area contributed by atoms with Gasteiger partial charge in [0.05, 0.1) is 5.56 Å². The summed E-state index contributed by atoms with van der Waals surface area (Å²) >= 11 is 3.74. The molecule has 2 nitrogen and oxygen atoms in total. The Hall–Kier alpha value is -1.01. The molecule has 0 saturated carbocycles. The first-order chi connectivity index (χ1) is 9.10. The number of aryl methyl sites for hydroxylation is 1. The molecule has 0 fully saturated rings. The molecule has 98 valence electrons. The van der Waals surface area contributed by atoms with Crippen LogP contribution < -0.4 is 0 Å². The Kier molecular flexibility index (Phi) is 4.87. The van der Waals surface area contributed by atoms with Crippen LogP contribution in [0.25, 0.3) is 0 Å². The lowest BCUT2D eigenvalue weighted by molar-refractivity contribution is 0.0693. The first kappa shape index (κ1) is 14.4. The lowest BCUT2D eigenvalue weighted by atomic mass is 10.1. The number of rotatable bonds is 4. The fraction of sp³-hybridized carbons (Fsp3) is 0.133. The molecule has 19 heavy (non-hydrogen) atoms. The highest BCUT2D eigenvalue weighted by Gasteiger charge is 2.11. The molecule has 0 bridgehead atoms. The number of hydrogen-bond acceptors (Lipinski definition) is 2. The zero-order chi connectivity index (χ0) is 13.8. The molecule has 1 N–H and O–H groups in total. The Morgan fingerprint density at radius 1 is 1.21 bits per heavy atom. The van der Waals surface area contributed by atoms with Gasteiger partial charge in [0.15, 0.2) is 0 Å². The van der Waals surface area contributed by atoms with Gasteiger partial charge in [0.2, 0.25) is 0 Å². The Balaban J connectivity index is 2.33. The minimum Gasteiger partial charge on any atom is -0.478 e. The fourth-order valence-electron chi connectivity index (χ4n) is 1.68. The van der Waals surface area contributed by atoms with Gasteiger partial charge >= 0.3 is 5.97 Å². The van der Waals surface area contributed by atoms with Crippen molar-refractivity contribution in [2.24, 2.45) is 0 Å². The predicted octanol–water partition coefficient (Wildman–Crippen LogP) is 4.70. The quantitative estimate of drug-likeness (QED) is 0.777. The topological polar surface area (TPSA) is 37.3 Å². The molecule has 0 spiro atoms. The summed E-state index contributed by atoms with van der Waals surface area (Å²) in [4.78, 5) is 13.2. The second kappa shape index (κ2) is 6.43. The standard InChI is InChI=1S/C15H13IO2S/c1-2-10-3-8-14(13(9-10)15(17)18)19-12-6-4-11(16)5-7-12/h3-9H,2H2,1H3,(H,17,18). The van der Waals surface area contributed by atoms with Crippen LogP contribution in [0.3, 0.4) is 0 Å². The van der Waals surface area contributed by atoms with E-state index in [1.54, 1.807) is 6.07 Å². The Labute approximate surface area is 130 Å². The average molecular weight is 384 g/mol. The van der Waals surface area contributed by atoms with Gasteiger partial charge in [-0.05, 0) is 71.0 Å². The maximum atomic E-state index is 11.3. The summed E-state index contributed by atoms with van der Waals surface area (Å²) in [6.07, 6.45) is 0.842. The molecule has 2 aromatic rings. The smallest absolute Gasteiger partial charge is 0.336 e. The molecule has 0 radical (unpaired) electrons. The van der Waals surface area contributed by atoms with Crippen molar-refractivity contribution in [3.05, 3.63) is 57.2 Å². The van der Waals surface area contributed by atoms with Crippen LogP contribution in [0.4, 0.5) is 0 Å². The van der Waals surface area contributed by atoms with Gasteiger partial charge in [0.25, 0.3) is 0 Å². The number of aromatic carboxylic acids is 1. The van der Waals surface area contributed by atoms with E-state index in [9.17, 15) is 9.90 Å². The van der Waals surface area contributed by atoms with Crippen LogP contribution in [0.1, 0.15) is 22.8 Å². The van der Waals surface area contributed by atoms with E-state index in [1.807, 2.05) is 43.3 Å². The van der Waals surface area contributed by atoms with Gasteiger partial charge in [-0.2, -0.15) is 0 Å². The molecular weight excluding hydrogens is 371 g/mol. The van der Waals surface area contributed by atoms with Crippen LogP contribution in [-0.4, -0.2) is 11.1 Å². The van der Waals surface area contributed by atoms with E-state index >= 15 is 0 Å². The van der Waals surface area contributed by atoms with E-state index in [1.165, 1.54) is 15.3 Å². The monoisotopic (exact) mass is 384 g/mol. The summed E-state index contributed by atoms with van der Waals surface area (Å²) in [5, 5.41) is 9.29. The summed E-state index contributed by atoms with van der Waals surface area (Å²) in [6, 6.07) is 13.7. The molecule has 2 rings (SSSR count). The summed E-state index contributed by atoms with van der Waals surface area (Å²) in [7, 11) is 0. The van der Waals surface area contributed by atoms with Crippen LogP contribution in [0.15, 0.2) is 52.3 Å². The normalized spacial score (nSPS) is 10.4. The molecule has 0 unspecified atom stereocenters. The molecule has 0 aliphatic heterocycles. The second-order valence-corrected chi connectivity index (χ2v) is 6.41. The highest BCUT2D eigenvalue weighted by Crippen LogP contribution is 2.31. The van der Waals surface area contributed by atoms with Crippen LogP contribution in [0, 0.1) is 3.57 Å². The van der Waals surface area contributed by atoms with Crippen LogP contribution in [0.2, 0.25) is 0 Å². The SMILES string of the molecule is CCc1ccc(Sc2ccc(I)cc2)c(C(=O)O)c1. The Morgan fingerprint density at radius 3 is 2.47 bits per heavy atom. The van der Waals surface area contributed by atoms with E-state index < -0.39 is 5.97 Å². The molecule has 0 aliphatic carbocycles. The number of carboxylic acid groups (broad SMARTS) is 1. The number of halogens is 1. The molecule has 4 heteroatoms. The van der Waals surface area contributed by atoms with Gasteiger partial charge < -0.3 is 5.11 Å². The van der Waals surface area contributed by atoms with Crippen molar-refractivity contribution in [2.45, 2.75) is 23.1 Å². The van der Waals surface area contributed by atoms with E-state index in [0.717, 1.165) is 21.8 Å². The van der Waals surface area contributed by atoms with Gasteiger partial charge in [-0.15, -0.1) is 0 Å². The zero-order valence-corrected chi connectivity index (χ0v) is 13.4. The molecule has 0 aromatic heterocycles. The molecule has 0 saturated heterocycles. The fourth-order valence-corrected chi connectivity index (χ4v) is 2.96. The molecular formula is C15H13IO2S. The maximum Gasteiger partial charge on any atom is 0.336 e. The van der Waals surface area contributed by atoms with Gasteiger partial charge in [-0.1, -0.05) is 24.8 Å². The van der Waals surface area contributed by atoms with Crippen molar-refractivity contribution >= 4 is 40.3 Å². The third-order valence-electron chi connectivity index (χ3n) is 2.72. The first-order valence-corrected chi connectivity index (χ1v) is 7.79. The van der Waals surface area contributed by atoms with Crippen molar-refractivity contribution in [1.29, 1.82) is 0 Å². The van der Waals surface area contributed by atoms with Crippen LogP contribution >= 0.6 is 34.4 Å². The molecule has 0 atom stereocenters. The lowest BCUT2D eigenvalue weighted by Gasteiger charge is -2.08. The van der Waals surface area contributed by atoms with E-state index in [-0.39, 0.29) is 0 Å². The zero-order valence-electron chi connectivity index (χ0n) is 10.4. The van der Waals surface area contributed by atoms with Crippen molar-refractivity contribution < 1.29 is 9.90 Å². The highest BCUT2D eigenvalue weighted by molar-refractivity contribution is 14.1. The summed E-state index contributed by atoms with van der Waals surface area (Å²) in [5.41, 5.74) is 1.42. The Morgan fingerprint density at radius 2 is 1.89 bits per heavy atom. The number of carbonyl (C=O) groups is 1.